The van der Waals surface area contributed by atoms with Gasteiger partial charge in [-0.15, -0.1) is 0 Å². The highest BCUT2D eigenvalue weighted by molar-refractivity contribution is 7.89. The molecule has 0 radical (unpaired) electrons. The second-order valence-corrected chi connectivity index (χ2v) is 7.01. The van der Waals surface area contributed by atoms with Crippen LogP contribution in [0.15, 0.2) is 29.2 Å². The number of hydrogen-bond acceptors (Lipinski definition) is 4. The maximum Gasteiger partial charge on any atom is 0.240 e. The van der Waals surface area contributed by atoms with Crippen LogP contribution in [0.1, 0.15) is 25.7 Å². The zero-order valence-corrected chi connectivity index (χ0v) is 12.7. The SMILES string of the molecule is CNS(=O)(=O)c1ccc(N(CCCN)C2CCC2)cc1. The van der Waals surface area contributed by atoms with E-state index in [1.807, 2.05) is 12.1 Å². The summed E-state index contributed by atoms with van der Waals surface area (Å²) in [6.45, 7) is 1.61. The van der Waals surface area contributed by atoms with Gasteiger partial charge in [-0.25, -0.2) is 13.1 Å². The lowest BCUT2D eigenvalue weighted by Gasteiger charge is -2.39. The molecule has 112 valence electrons. The quantitative estimate of drug-likeness (QED) is 0.795. The van der Waals surface area contributed by atoms with Crippen molar-refractivity contribution in [3.8, 4) is 0 Å². The molecule has 0 aromatic heterocycles. The Hall–Kier alpha value is -1.11. The smallest absolute Gasteiger partial charge is 0.240 e. The fraction of sp³-hybridized carbons (Fsp3) is 0.571. The second kappa shape index (κ2) is 6.56. The fourth-order valence-electron chi connectivity index (χ4n) is 2.42. The predicted octanol–water partition coefficient (Wildman–Crippen LogP) is 1.30. The molecule has 0 atom stereocenters. The molecule has 6 heteroatoms. The van der Waals surface area contributed by atoms with Gasteiger partial charge in [-0.2, -0.15) is 0 Å². The topological polar surface area (TPSA) is 75.4 Å². The molecular weight excluding hydrogens is 274 g/mol. The van der Waals surface area contributed by atoms with Gasteiger partial charge in [0.15, 0.2) is 0 Å². The Bertz CT molecular complexity index is 524. The van der Waals surface area contributed by atoms with Crippen molar-refractivity contribution in [3.63, 3.8) is 0 Å². The molecule has 1 aromatic carbocycles. The van der Waals surface area contributed by atoms with E-state index in [0.717, 1.165) is 18.7 Å². The first kappa shape index (κ1) is 15.3. The van der Waals surface area contributed by atoms with Gasteiger partial charge in [0.25, 0.3) is 0 Å². The lowest BCUT2D eigenvalue weighted by Crippen LogP contribution is -2.41. The molecule has 1 fully saturated rings. The van der Waals surface area contributed by atoms with Gasteiger partial charge >= 0.3 is 0 Å². The number of nitrogens with zero attached hydrogens (tertiary/aromatic N) is 1. The normalized spacial score (nSPS) is 15.9. The third-order valence-electron chi connectivity index (χ3n) is 3.87. The summed E-state index contributed by atoms with van der Waals surface area (Å²) >= 11 is 0. The summed E-state index contributed by atoms with van der Waals surface area (Å²) in [5.41, 5.74) is 6.68. The molecule has 1 aromatic rings. The first-order valence-corrected chi connectivity index (χ1v) is 8.57. The Morgan fingerprint density at radius 3 is 2.40 bits per heavy atom. The monoisotopic (exact) mass is 297 g/mol. The Kier molecular flexibility index (Phi) is 5.01. The summed E-state index contributed by atoms with van der Waals surface area (Å²) in [5, 5.41) is 0. The van der Waals surface area contributed by atoms with Crippen LogP contribution in [0.25, 0.3) is 0 Å². The maximum absolute atomic E-state index is 11.7. The summed E-state index contributed by atoms with van der Waals surface area (Å²) < 4.78 is 25.8. The van der Waals surface area contributed by atoms with Crippen molar-refractivity contribution < 1.29 is 8.42 Å². The van der Waals surface area contributed by atoms with Crippen molar-refractivity contribution in [1.29, 1.82) is 0 Å². The third kappa shape index (κ3) is 3.31. The van der Waals surface area contributed by atoms with Gasteiger partial charge in [0, 0.05) is 18.3 Å². The highest BCUT2D eigenvalue weighted by atomic mass is 32.2. The number of hydrogen-bond donors (Lipinski definition) is 2. The van der Waals surface area contributed by atoms with Crippen LogP contribution in [0.2, 0.25) is 0 Å². The van der Waals surface area contributed by atoms with Crippen LogP contribution in [0.4, 0.5) is 5.69 Å². The van der Waals surface area contributed by atoms with Crippen molar-refractivity contribution in [3.05, 3.63) is 24.3 Å². The van der Waals surface area contributed by atoms with E-state index in [9.17, 15) is 8.42 Å². The van der Waals surface area contributed by atoms with E-state index in [-0.39, 0.29) is 0 Å². The van der Waals surface area contributed by atoms with E-state index in [2.05, 4.69) is 9.62 Å². The van der Waals surface area contributed by atoms with Crippen LogP contribution in [0.3, 0.4) is 0 Å². The number of rotatable bonds is 7. The minimum atomic E-state index is -3.36. The van der Waals surface area contributed by atoms with E-state index in [4.69, 9.17) is 5.73 Å². The van der Waals surface area contributed by atoms with E-state index in [1.54, 1.807) is 12.1 Å². The lowest BCUT2D eigenvalue weighted by molar-refractivity contribution is 0.385. The first-order valence-electron chi connectivity index (χ1n) is 7.09. The molecule has 0 spiro atoms. The van der Waals surface area contributed by atoms with E-state index < -0.39 is 10.0 Å². The number of nitrogens with one attached hydrogen (secondary N) is 1. The van der Waals surface area contributed by atoms with Gasteiger partial charge in [-0.1, -0.05) is 0 Å². The van der Waals surface area contributed by atoms with Gasteiger partial charge in [0.1, 0.15) is 0 Å². The first-order chi connectivity index (χ1) is 9.58. The molecular formula is C14H23N3O2S. The number of nitrogens with two attached hydrogens (primary N) is 1. The summed E-state index contributed by atoms with van der Waals surface area (Å²) in [4.78, 5) is 2.66. The Balaban J connectivity index is 2.17. The van der Waals surface area contributed by atoms with Gasteiger partial charge in [-0.05, 0) is 63.5 Å². The molecule has 2 rings (SSSR count). The maximum atomic E-state index is 11.7. The van der Waals surface area contributed by atoms with Crippen LogP contribution in [0, 0.1) is 0 Å². The summed E-state index contributed by atoms with van der Waals surface area (Å²) in [7, 11) is -1.94. The third-order valence-corrected chi connectivity index (χ3v) is 5.30. The van der Waals surface area contributed by atoms with Crippen LogP contribution < -0.4 is 15.4 Å². The Morgan fingerprint density at radius 2 is 1.95 bits per heavy atom. The molecule has 1 aliphatic carbocycles. The van der Waals surface area contributed by atoms with Crippen LogP contribution in [0.5, 0.6) is 0 Å². The lowest BCUT2D eigenvalue weighted by atomic mass is 9.91. The minimum Gasteiger partial charge on any atom is -0.369 e. The summed E-state index contributed by atoms with van der Waals surface area (Å²) in [5.74, 6) is 0. The van der Waals surface area contributed by atoms with Crippen LogP contribution in [-0.4, -0.2) is 34.6 Å². The molecule has 0 amide bonds. The average molecular weight is 297 g/mol. The Morgan fingerprint density at radius 1 is 1.30 bits per heavy atom. The molecule has 0 saturated heterocycles. The summed E-state index contributed by atoms with van der Waals surface area (Å²) in [6.07, 6.45) is 4.64. The van der Waals surface area contributed by atoms with Crippen molar-refractivity contribution in [2.45, 2.75) is 36.6 Å². The number of benzene rings is 1. The van der Waals surface area contributed by atoms with Crippen molar-refractivity contribution in [1.82, 2.24) is 4.72 Å². The molecule has 0 aliphatic heterocycles. The van der Waals surface area contributed by atoms with Gasteiger partial charge in [0.05, 0.1) is 4.90 Å². The van der Waals surface area contributed by atoms with E-state index in [1.165, 1.54) is 26.3 Å². The molecule has 1 aliphatic rings. The van der Waals surface area contributed by atoms with Gasteiger partial charge in [-0.3, -0.25) is 0 Å². The molecule has 5 nitrogen and oxygen atoms in total. The van der Waals surface area contributed by atoms with E-state index in [0.29, 0.717) is 17.5 Å². The van der Waals surface area contributed by atoms with E-state index >= 15 is 0 Å². The minimum absolute atomic E-state index is 0.302. The largest absolute Gasteiger partial charge is 0.369 e. The standard InChI is InChI=1S/C14H23N3O2S/c1-16-20(18,19)14-8-6-13(7-9-14)17(11-3-10-15)12-4-2-5-12/h6-9,12,16H,2-5,10-11,15H2,1H3. The summed E-state index contributed by atoms with van der Waals surface area (Å²) in [6, 6.07) is 7.68. The predicted molar refractivity (Wildman–Crippen MR) is 81.3 cm³/mol. The molecule has 3 N–H and O–H groups in total. The zero-order chi connectivity index (χ0) is 14.6. The molecule has 1 saturated carbocycles. The van der Waals surface area contributed by atoms with Gasteiger partial charge in [0.2, 0.25) is 10.0 Å². The molecule has 0 heterocycles. The average Bonchev–Trinajstić information content (AvgIpc) is 2.41. The van der Waals surface area contributed by atoms with Crippen LogP contribution >= 0.6 is 0 Å². The fourth-order valence-corrected chi connectivity index (χ4v) is 3.15. The zero-order valence-electron chi connectivity index (χ0n) is 11.9. The van der Waals surface area contributed by atoms with Crippen molar-refractivity contribution in [2.24, 2.45) is 5.73 Å². The van der Waals surface area contributed by atoms with Gasteiger partial charge < -0.3 is 10.6 Å². The van der Waals surface area contributed by atoms with Crippen molar-refractivity contribution >= 4 is 15.7 Å². The molecule has 0 unspecified atom stereocenters. The highest BCUT2D eigenvalue weighted by Crippen LogP contribution is 2.30. The molecule has 20 heavy (non-hydrogen) atoms. The van der Waals surface area contributed by atoms with Crippen molar-refractivity contribution in [2.75, 3.05) is 25.0 Å². The highest BCUT2D eigenvalue weighted by Gasteiger charge is 2.25. The van der Waals surface area contributed by atoms with Crippen LogP contribution in [-0.2, 0) is 10.0 Å². The molecule has 0 bridgehead atoms. The number of sulfonamides is 1. The second-order valence-electron chi connectivity index (χ2n) is 5.12. The number of anilines is 1. The Labute approximate surface area is 121 Å².